The molecule has 2 saturated heterocycles. The number of aromatic nitrogens is 1. The number of H-pyrrole nitrogens is 1. The number of rotatable bonds is 3. The van der Waals surface area contributed by atoms with Crippen LogP contribution in [0.15, 0.2) is 54.7 Å². The zero-order chi connectivity index (χ0) is 19.3. The van der Waals surface area contributed by atoms with Gasteiger partial charge in [-0.2, -0.15) is 0 Å². The molecule has 0 spiro atoms. The van der Waals surface area contributed by atoms with Crippen molar-refractivity contribution in [2.24, 2.45) is 11.8 Å². The van der Waals surface area contributed by atoms with Gasteiger partial charge in [0.15, 0.2) is 0 Å². The van der Waals surface area contributed by atoms with Crippen LogP contribution in [0.5, 0.6) is 5.75 Å². The molecule has 1 N–H and O–H groups in total. The van der Waals surface area contributed by atoms with E-state index in [1.54, 1.807) is 7.11 Å². The van der Waals surface area contributed by atoms with E-state index >= 15 is 0 Å². The summed E-state index contributed by atoms with van der Waals surface area (Å²) in [5, 5.41) is 1.08. The number of carbonyl (C=O) groups is 1. The molecule has 0 bridgehead atoms. The van der Waals surface area contributed by atoms with Gasteiger partial charge in [0.1, 0.15) is 5.75 Å². The Balaban J connectivity index is 1.37. The van der Waals surface area contributed by atoms with Crippen LogP contribution in [0, 0.1) is 11.8 Å². The fourth-order valence-corrected chi connectivity index (χ4v) is 5.10. The highest BCUT2D eigenvalue weighted by Gasteiger charge is 2.47. The molecule has 3 aromatic rings. The van der Waals surface area contributed by atoms with E-state index in [1.807, 2.05) is 47.5 Å². The van der Waals surface area contributed by atoms with Crippen molar-refractivity contribution in [2.75, 3.05) is 33.8 Å². The molecule has 0 aliphatic carbocycles. The van der Waals surface area contributed by atoms with Crippen LogP contribution in [0.1, 0.15) is 22.0 Å². The Kier molecular flexibility index (Phi) is 4.13. The number of likely N-dealkylation sites (tertiary alicyclic amines) is 2. The molecule has 2 aliphatic heterocycles. The standard InChI is InChI=1S/C23H25N3O2/c1-25-12-18-13-26(23(27)17-5-8-21-16(11-17)9-10-24-21)14-20(18)22(25)15-3-6-19(28-2)7-4-15/h3-11,18,20,22,24H,12-14H2,1-2H3/t18-,20+,22-/m0/s1. The zero-order valence-corrected chi connectivity index (χ0v) is 16.3. The maximum absolute atomic E-state index is 13.1. The summed E-state index contributed by atoms with van der Waals surface area (Å²) < 4.78 is 5.30. The Labute approximate surface area is 164 Å². The molecule has 1 amide bonds. The quantitative estimate of drug-likeness (QED) is 0.762. The summed E-state index contributed by atoms with van der Waals surface area (Å²) >= 11 is 0. The lowest BCUT2D eigenvalue weighted by Crippen LogP contribution is -2.33. The SMILES string of the molecule is COc1ccc([C@H]2[C@@H]3CN(C(=O)c4ccc5[nH]ccc5c4)C[C@@H]3CN2C)cc1. The second kappa shape index (κ2) is 6.67. The van der Waals surface area contributed by atoms with E-state index in [9.17, 15) is 4.79 Å². The van der Waals surface area contributed by atoms with E-state index in [0.29, 0.717) is 17.9 Å². The van der Waals surface area contributed by atoms with Gasteiger partial charge in [-0.05, 0) is 54.9 Å². The Morgan fingerprint density at radius 1 is 1.07 bits per heavy atom. The third-order valence-corrected chi connectivity index (χ3v) is 6.44. The first-order valence-corrected chi connectivity index (χ1v) is 9.84. The second-order valence-corrected chi connectivity index (χ2v) is 8.07. The molecule has 1 aromatic heterocycles. The summed E-state index contributed by atoms with van der Waals surface area (Å²) in [6.45, 7) is 2.68. The largest absolute Gasteiger partial charge is 0.497 e. The van der Waals surface area contributed by atoms with Gasteiger partial charge in [0.05, 0.1) is 7.11 Å². The summed E-state index contributed by atoms with van der Waals surface area (Å²) in [6.07, 6.45) is 1.91. The molecular weight excluding hydrogens is 350 g/mol. The van der Waals surface area contributed by atoms with Crippen LogP contribution in [0.3, 0.4) is 0 Å². The van der Waals surface area contributed by atoms with Gasteiger partial charge >= 0.3 is 0 Å². The Morgan fingerprint density at radius 2 is 1.89 bits per heavy atom. The van der Waals surface area contributed by atoms with Crippen molar-refractivity contribution in [3.63, 3.8) is 0 Å². The summed E-state index contributed by atoms with van der Waals surface area (Å²) in [5.74, 6) is 2.02. The highest BCUT2D eigenvalue weighted by atomic mass is 16.5. The maximum Gasteiger partial charge on any atom is 0.253 e. The number of nitrogens with one attached hydrogen (secondary N) is 1. The molecule has 0 saturated carbocycles. The molecule has 144 valence electrons. The first-order chi connectivity index (χ1) is 13.6. The second-order valence-electron chi connectivity index (χ2n) is 8.07. The molecule has 28 heavy (non-hydrogen) atoms. The Bertz CT molecular complexity index is 1010. The van der Waals surface area contributed by atoms with Gasteiger partial charge in [-0.3, -0.25) is 9.69 Å². The van der Waals surface area contributed by atoms with Crippen molar-refractivity contribution in [3.05, 3.63) is 65.9 Å². The van der Waals surface area contributed by atoms with Gasteiger partial charge in [-0.1, -0.05) is 12.1 Å². The number of ether oxygens (including phenoxy) is 1. The number of nitrogens with zero attached hydrogens (tertiary/aromatic N) is 2. The molecule has 3 heterocycles. The highest BCUT2D eigenvalue weighted by Crippen LogP contribution is 2.44. The van der Waals surface area contributed by atoms with Crippen LogP contribution < -0.4 is 4.74 Å². The number of aromatic amines is 1. The first-order valence-electron chi connectivity index (χ1n) is 9.84. The fourth-order valence-electron chi connectivity index (χ4n) is 5.10. The summed E-state index contributed by atoms with van der Waals surface area (Å²) in [7, 11) is 3.89. The van der Waals surface area contributed by atoms with E-state index in [-0.39, 0.29) is 5.91 Å². The number of carbonyl (C=O) groups excluding carboxylic acids is 1. The van der Waals surface area contributed by atoms with Gasteiger partial charge in [0.25, 0.3) is 5.91 Å². The van der Waals surface area contributed by atoms with Crippen molar-refractivity contribution in [1.82, 2.24) is 14.8 Å². The van der Waals surface area contributed by atoms with Crippen LogP contribution in [0.2, 0.25) is 0 Å². The molecule has 2 fully saturated rings. The normalized spacial score (nSPS) is 24.6. The molecule has 3 atom stereocenters. The summed E-state index contributed by atoms with van der Waals surface area (Å²) in [6, 6.07) is 16.7. The summed E-state index contributed by atoms with van der Waals surface area (Å²) in [5.41, 5.74) is 3.15. The maximum atomic E-state index is 13.1. The van der Waals surface area contributed by atoms with Gasteiger partial charge in [-0.15, -0.1) is 0 Å². The molecule has 2 aliphatic rings. The minimum atomic E-state index is 0.147. The lowest BCUT2D eigenvalue weighted by molar-refractivity contribution is 0.0768. The molecule has 0 radical (unpaired) electrons. The lowest BCUT2D eigenvalue weighted by atomic mass is 9.89. The van der Waals surface area contributed by atoms with Crippen LogP contribution in [-0.4, -0.2) is 54.5 Å². The van der Waals surface area contributed by atoms with Crippen molar-refractivity contribution < 1.29 is 9.53 Å². The van der Waals surface area contributed by atoms with E-state index < -0.39 is 0 Å². The van der Waals surface area contributed by atoms with Crippen LogP contribution in [-0.2, 0) is 0 Å². The van der Waals surface area contributed by atoms with Gasteiger partial charge in [0, 0.05) is 54.3 Å². The lowest BCUT2D eigenvalue weighted by Gasteiger charge is -2.27. The van der Waals surface area contributed by atoms with Crippen LogP contribution in [0.4, 0.5) is 0 Å². The highest BCUT2D eigenvalue weighted by molar-refractivity contribution is 5.98. The fraction of sp³-hybridized carbons (Fsp3) is 0.348. The summed E-state index contributed by atoms with van der Waals surface area (Å²) in [4.78, 5) is 20.8. The average Bonchev–Trinajstić information content (AvgIpc) is 3.41. The minimum absolute atomic E-state index is 0.147. The van der Waals surface area contributed by atoms with Gasteiger partial charge < -0.3 is 14.6 Å². The van der Waals surface area contributed by atoms with Crippen LogP contribution in [0.25, 0.3) is 10.9 Å². The molecule has 5 heteroatoms. The third kappa shape index (κ3) is 2.78. The number of benzene rings is 2. The number of fused-ring (bicyclic) bond motifs is 2. The topological polar surface area (TPSA) is 48.6 Å². The zero-order valence-electron chi connectivity index (χ0n) is 16.3. The van der Waals surface area contributed by atoms with Gasteiger partial charge in [0.2, 0.25) is 0 Å². The van der Waals surface area contributed by atoms with Crippen molar-refractivity contribution in [2.45, 2.75) is 6.04 Å². The molecular formula is C23H25N3O2. The smallest absolute Gasteiger partial charge is 0.253 e. The van der Waals surface area contributed by atoms with Crippen molar-refractivity contribution >= 4 is 16.8 Å². The molecule has 0 unspecified atom stereocenters. The first kappa shape index (κ1) is 17.3. The monoisotopic (exact) mass is 375 g/mol. The Hall–Kier alpha value is -2.79. The predicted octanol–water partition coefficient (Wildman–Crippen LogP) is 3.55. The molecule has 5 rings (SSSR count). The number of methoxy groups -OCH3 is 1. The van der Waals surface area contributed by atoms with E-state index in [1.165, 1.54) is 5.56 Å². The number of hydrogen-bond donors (Lipinski definition) is 1. The number of hydrogen-bond acceptors (Lipinski definition) is 3. The van der Waals surface area contributed by atoms with Gasteiger partial charge in [-0.25, -0.2) is 0 Å². The van der Waals surface area contributed by atoms with E-state index in [0.717, 1.165) is 41.9 Å². The molecule has 2 aromatic carbocycles. The van der Waals surface area contributed by atoms with E-state index in [2.05, 4.69) is 29.1 Å². The Morgan fingerprint density at radius 3 is 2.68 bits per heavy atom. The average molecular weight is 375 g/mol. The molecule has 5 nitrogen and oxygen atoms in total. The minimum Gasteiger partial charge on any atom is -0.497 e. The predicted molar refractivity (Wildman–Crippen MR) is 110 cm³/mol. The van der Waals surface area contributed by atoms with Crippen molar-refractivity contribution in [1.29, 1.82) is 0 Å². The van der Waals surface area contributed by atoms with E-state index in [4.69, 9.17) is 4.74 Å². The van der Waals surface area contributed by atoms with Crippen LogP contribution >= 0.6 is 0 Å². The number of amides is 1. The van der Waals surface area contributed by atoms with Crippen molar-refractivity contribution in [3.8, 4) is 5.75 Å². The third-order valence-electron chi connectivity index (χ3n) is 6.44.